The van der Waals surface area contributed by atoms with Crippen LogP contribution in [-0.2, 0) is 9.47 Å². The van der Waals surface area contributed by atoms with E-state index in [0.717, 1.165) is 19.6 Å². The van der Waals surface area contributed by atoms with Crippen LogP contribution < -0.4 is 0 Å². The van der Waals surface area contributed by atoms with Crippen LogP contribution in [0.25, 0.3) is 0 Å². The summed E-state index contributed by atoms with van der Waals surface area (Å²) in [6, 6.07) is 0.539. The monoisotopic (exact) mass is 173 g/mol. The van der Waals surface area contributed by atoms with Crippen LogP contribution in [0.1, 0.15) is 20.3 Å². The van der Waals surface area contributed by atoms with E-state index in [9.17, 15) is 0 Å². The first kappa shape index (κ1) is 9.96. The fourth-order valence-corrected chi connectivity index (χ4v) is 1.57. The zero-order chi connectivity index (χ0) is 8.97. The average molecular weight is 173 g/mol. The van der Waals surface area contributed by atoms with Crippen LogP contribution in [0.2, 0.25) is 0 Å². The predicted octanol–water partition coefficient (Wildman–Crippen LogP) is 1.09. The molecule has 0 unspecified atom stereocenters. The number of methoxy groups -OCH3 is 1. The Bertz CT molecular complexity index is 128. The standard InChI is InChI=1S/C9H19NO2/c1-8(2)10-5-4-6-12-7-9(10)11-3/h8-9H,4-7H2,1-3H3/t9-/m1/s1. The van der Waals surface area contributed by atoms with Gasteiger partial charge < -0.3 is 9.47 Å². The van der Waals surface area contributed by atoms with Gasteiger partial charge in [0.2, 0.25) is 0 Å². The Balaban J connectivity index is 2.51. The topological polar surface area (TPSA) is 21.7 Å². The van der Waals surface area contributed by atoms with E-state index in [4.69, 9.17) is 9.47 Å². The van der Waals surface area contributed by atoms with Gasteiger partial charge in [-0.25, -0.2) is 0 Å². The van der Waals surface area contributed by atoms with E-state index in [1.807, 2.05) is 0 Å². The SMILES string of the molecule is CO[C@@H]1COCCCN1C(C)C. The van der Waals surface area contributed by atoms with Crippen molar-refractivity contribution in [2.24, 2.45) is 0 Å². The molecular formula is C9H19NO2. The maximum absolute atomic E-state index is 5.41. The molecule has 0 radical (unpaired) electrons. The molecule has 1 aliphatic heterocycles. The van der Waals surface area contributed by atoms with Crippen LogP contribution in [0.5, 0.6) is 0 Å². The molecule has 0 aromatic carbocycles. The number of hydrogen-bond acceptors (Lipinski definition) is 3. The highest BCUT2D eigenvalue weighted by Gasteiger charge is 2.22. The quantitative estimate of drug-likeness (QED) is 0.624. The Labute approximate surface area is 74.6 Å². The molecule has 0 bridgehead atoms. The fraction of sp³-hybridized carbons (Fsp3) is 1.00. The van der Waals surface area contributed by atoms with Crippen molar-refractivity contribution in [2.45, 2.75) is 32.5 Å². The van der Waals surface area contributed by atoms with Crippen LogP contribution in [-0.4, -0.2) is 44.0 Å². The molecule has 3 heteroatoms. The predicted molar refractivity (Wildman–Crippen MR) is 48.1 cm³/mol. The summed E-state index contributed by atoms with van der Waals surface area (Å²) in [5.41, 5.74) is 0. The van der Waals surface area contributed by atoms with Gasteiger partial charge in [-0.05, 0) is 20.3 Å². The number of nitrogens with zero attached hydrogens (tertiary/aromatic N) is 1. The van der Waals surface area contributed by atoms with Gasteiger partial charge in [0.1, 0.15) is 6.23 Å². The fourth-order valence-electron chi connectivity index (χ4n) is 1.57. The molecule has 1 heterocycles. The summed E-state index contributed by atoms with van der Waals surface area (Å²) in [5.74, 6) is 0. The molecule has 0 aliphatic carbocycles. The van der Waals surface area contributed by atoms with Crippen molar-refractivity contribution < 1.29 is 9.47 Å². The van der Waals surface area contributed by atoms with Gasteiger partial charge in [-0.15, -0.1) is 0 Å². The second-order valence-electron chi connectivity index (χ2n) is 3.45. The molecule has 72 valence electrons. The smallest absolute Gasteiger partial charge is 0.134 e. The molecule has 1 atom stereocenters. The summed E-state index contributed by atoms with van der Waals surface area (Å²) in [5, 5.41) is 0. The van der Waals surface area contributed by atoms with Gasteiger partial charge >= 0.3 is 0 Å². The zero-order valence-corrected chi connectivity index (χ0v) is 8.25. The van der Waals surface area contributed by atoms with Crippen LogP contribution >= 0.6 is 0 Å². The summed E-state index contributed by atoms with van der Waals surface area (Å²) < 4.78 is 10.8. The van der Waals surface area contributed by atoms with Gasteiger partial charge in [0.15, 0.2) is 0 Å². The maximum atomic E-state index is 5.41. The van der Waals surface area contributed by atoms with Crippen molar-refractivity contribution in [3.63, 3.8) is 0 Å². The Hall–Kier alpha value is -0.120. The normalized spacial score (nSPS) is 27.5. The largest absolute Gasteiger partial charge is 0.377 e. The second-order valence-corrected chi connectivity index (χ2v) is 3.45. The molecule has 12 heavy (non-hydrogen) atoms. The lowest BCUT2D eigenvalue weighted by Crippen LogP contribution is -2.43. The highest BCUT2D eigenvalue weighted by atomic mass is 16.5. The summed E-state index contributed by atoms with van der Waals surface area (Å²) in [4.78, 5) is 2.34. The molecule has 0 aromatic heterocycles. The molecule has 3 nitrogen and oxygen atoms in total. The van der Waals surface area contributed by atoms with Gasteiger partial charge in [-0.1, -0.05) is 0 Å². The van der Waals surface area contributed by atoms with Gasteiger partial charge in [0.05, 0.1) is 6.61 Å². The lowest BCUT2D eigenvalue weighted by molar-refractivity contribution is -0.0745. The zero-order valence-electron chi connectivity index (χ0n) is 8.25. The molecule has 0 aromatic rings. The van der Waals surface area contributed by atoms with E-state index in [-0.39, 0.29) is 6.23 Å². The van der Waals surface area contributed by atoms with Crippen molar-refractivity contribution in [3.8, 4) is 0 Å². The summed E-state index contributed by atoms with van der Waals surface area (Å²) in [7, 11) is 1.74. The highest BCUT2D eigenvalue weighted by Crippen LogP contribution is 2.11. The van der Waals surface area contributed by atoms with Crippen molar-refractivity contribution in [1.29, 1.82) is 0 Å². The Kier molecular flexibility index (Phi) is 3.98. The molecule has 1 saturated heterocycles. The number of rotatable bonds is 2. The van der Waals surface area contributed by atoms with Gasteiger partial charge in [-0.2, -0.15) is 0 Å². The van der Waals surface area contributed by atoms with E-state index in [0.29, 0.717) is 12.6 Å². The van der Waals surface area contributed by atoms with Crippen LogP contribution in [0.15, 0.2) is 0 Å². The van der Waals surface area contributed by atoms with E-state index in [2.05, 4.69) is 18.7 Å². The molecule has 1 fully saturated rings. The van der Waals surface area contributed by atoms with Gasteiger partial charge in [0, 0.05) is 26.3 Å². The second kappa shape index (κ2) is 4.80. The minimum atomic E-state index is 0.146. The first-order valence-electron chi connectivity index (χ1n) is 4.62. The average Bonchev–Trinajstić information content (AvgIpc) is 2.27. The van der Waals surface area contributed by atoms with Crippen molar-refractivity contribution in [2.75, 3.05) is 26.9 Å². The summed E-state index contributed by atoms with van der Waals surface area (Å²) in [6.07, 6.45) is 1.25. The first-order chi connectivity index (χ1) is 5.75. The van der Waals surface area contributed by atoms with Crippen LogP contribution in [0.4, 0.5) is 0 Å². The van der Waals surface area contributed by atoms with E-state index >= 15 is 0 Å². The molecule has 0 N–H and O–H groups in total. The number of hydrogen-bond donors (Lipinski definition) is 0. The molecule has 0 amide bonds. The van der Waals surface area contributed by atoms with Crippen LogP contribution in [0.3, 0.4) is 0 Å². The molecule has 0 spiro atoms. The minimum absolute atomic E-state index is 0.146. The third kappa shape index (κ3) is 2.44. The summed E-state index contributed by atoms with van der Waals surface area (Å²) >= 11 is 0. The Morgan fingerprint density at radius 1 is 1.50 bits per heavy atom. The van der Waals surface area contributed by atoms with Crippen molar-refractivity contribution in [3.05, 3.63) is 0 Å². The number of ether oxygens (including phenoxy) is 2. The molecular weight excluding hydrogens is 154 g/mol. The van der Waals surface area contributed by atoms with E-state index < -0.39 is 0 Å². The van der Waals surface area contributed by atoms with Crippen LogP contribution in [0, 0.1) is 0 Å². The maximum Gasteiger partial charge on any atom is 0.134 e. The lowest BCUT2D eigenvalue weighted by Gasteiger charge is -2.31. The van der Waals surface area contributed by atoms with E-state index in [1.54, 1.807) is 7.11 Å². The van der Waals surface area contributed by atoms with Crippen molar-refractivity contribution in [1.82, 2.24) is 4.90 Å². The summed E-state index contributed by atoms with van der Waals surface area (Å²) in [6.45, 7) is 7.03. The lowest BCUT2D eigenvalue weighted by atomic mass is 10.3. The Morgan fingerprint density at radius 3 is 2.83 bits per heavy atom. The van der Waals surface area contributed by atoms with Gasteiger partial charge in [0.25, 0.3) is 0 Å². The third-order valence-electron chi connectivity index (χ3n) is 2.27. The molecule has 1 aliphatic rings. The highest BCUT2D eigenvalue weighted by molar-refractivity contribution is 4.69. The Morgan fingerprint density at radius 2 is 2.25 bits per heavy atom. The van der Waals surface area contributed by atoms with E-state index in [1.165, 1.54) is 0 Å². The molecule has 1 rings (SSSR count). The minimum Gasteiger partial charge on any atom is -0.377 e. The van der Waals surface area contributed by atoms with Crippen molar-refractivity contribution >= 4 is 0 Å². The molecule has 0 saturated carbocycles. The third-order valence-corrected chi connectivity index (χ3v) is 2.27. The first-order valence-corrected chi connectivity index (χ1v) is 4.62. The van der Waals surface area contributed by atoms with Gasteiger partial charge in [-0.3, -0.25) is 4.90 Å².